The number of nitrogens with one attached hydrogen (secondary N) is 1. The van der Waals surface area contributed by atoms with Crippen molar-refractivity contribution in [2.24, 2.45) is 5.73 Å². The molecule has 3 N–H and O–H groups in total. The van der Waals surface area contributed by atoms with E-state index in [2.05, 4.69) is 21.2 Å². The summed E-state index contributed by atoms with van der Waals surface area (Å²) in [5, 5.41) is 3.67. The Bertz CT molecular complexity index is 461. The maximum Gasteiger partial charge on any atom is 0.221 e. The maximum absolute atomic E-state index is 11.3. The predicted molar refractivity (Wildman–Crippen MR) is 86.8 cm³/mol. The third-order valence-corrected chi connectivity index (χ3v) is 3.90. The number of hydrogen-bond donors (Lipinski definition) is 2. The molecule has 0 bridgehead atoms. The first-order valence-corrected chi connectivity index (χ1v) is 7.76. The smallest absolute Gasteiger partial charge is 0.221 e. The molecule has 2 rings (SSSR count). The number of halogens is 1. The normalized spacial score (nSPS) is 16.0. The minimum absolute atomic E-state index is 0.0371. The number of rotatable bonds is 6. The van der Waals surface area contributed by atoms with Crippen LogP contribution in [0, 0.1) is 0 Å². The third-order valence-electron chi connectivity index (χ3n) is 3.67. The topological polar surface area (TPSA) is 61.6 Å². The molecule has 0 aromatic heterocycles. The van der Waals surface area contributed by atoms with Crippen molar-refractivity contribution in [2.45, 2.75) is 6.42 Å². The van der Waals surface area contributed by atoms with Crippen LogP contribution >= 0.6 is 11.6 Å². The summed E-state index contributed by atoms with van der Waals surface area (Å²) in [4.78, 5) is 16.0. The van der Waals surface area contributed by atoms with Crippen molar-refractivity contribution >= 4 is 23.2 Å². The fourth-order valence-electron chi connectivity index (χ4n) is 2.48. The number of nitrogens with two attached hydrogens (primary N) is 1. The molecular formula is C15H23ClN4O. The molecule has 6 heteroatoms. The van der Waals surface area contributed by atoms with Crippen LogP contribution in [0.15, 0.2) is 24.3 Å². The van der Waals surface area contributed by atoms with Crippen molar-refractivity contribution in [1.82, 2.24) is 10.2 Å². The van der Waals surface area contributed by atoms with E-state index in [1.54, 1.807) is 0 Å². The van der Waals surface area contributed by atoms with E-state index in [1.807, 2.05) is 18.2 Å². The van der Waals surface area contributed by atoms with Gasteiger partial charge in [0, 0.05) is 62.9 Å². The van der Waals surface area contributed by atoms with Crippen LogP contribution in [0.1, 0.15) is 6.42 Å². The molecule has 0 saturated carbocycles. The van der Waals surface area contributed by atoms with Gasteiger partial charge in [-0.05, 0) is 18.2 Å². The van der Waals surface area contributed by atoms with Crippen molar-refractivity contribution in [3.63, 3.8) is 0 Å². The fraction of sp³-hybridized carbons (Fsp3) is 0.533. The molecule has 1 aliphatic rings. The zero-order chi connectivity index (χ0) is 15.1. The quantitative estimate of drug-likeness (QED) is 0.820. The van der Waals surface area contributed by atoms with Gasteiger partial charge in [0.1, 0.15) is 0 Å². The molecule has 1 aromatic rings. The number of carbonyl (C=O) groups excluding carboxylic acids is 1. The van der Waals surface area contributed by atoms with Crippen LogP contribution in [0.2, 0.25) is 5.02 Å². The summed E-state index contributed by atoms with van der Waals surface area (Å²) in [6.07, 6.45) is 0.405. The minimum Gasteiger partial charge on any atom is -0.369 e. The molecule has 0 atom stereocenters. The summed E-state index contributed by atoms with van der Waals surface area (Å²) in [6, 6.07) is 7.97. The molecular weight excluding hydrogens is 288 g/mol. The van der Waals surface area contributed by atoms with E-state index in [0.717, 1.165) is 37.7 Å². The van der Waals surface area contributed by atoms with Gasteiger partial charge >= 0.3 is 0 Å². The lowest BCUT2D eigenvalue weighted by atomic mass is 10.2. The number of hydrogen-bond acceptors (Lipinski definition) is 4. The molecule has 1 fully saturated rings. The lowest BCUT2D eigenvalue weighted by Gasteiger charge is -2.36. The summed E-state index contributed by atoms with van der Waals surface area (Å²) in [7, 11) is 0. The first-order valence-electron chi connectivity index (χ1n) is 7.38. The number of carbonyl (C=O) groups is 1. The fourth-order valence-corrected chi connectivity index (χ4v) is 2.66. The van der Waals surface area contributed by atoms with Crippen LogP contribution in [-0.2, 0) is 4.79 Å². The molecule has 116 valence electrons. The van der Waals surface area contributed by atoms with E-state index in [4.69, 9.17) is 17.3 Å². The summed E-state index contributed by atoms with van der Waals surface area (Å²) in [5.41, 5.74) is 6.52. The van der Waals surface area contributed by atoms with Gasteiger partial charge in [-0.25, -0.2) is 0 Å². The first-order chi connectivity index (χ1) is 10.2. The second kappa shape index (κ2) is 8.22. The summed E-state index contributed by atoms with van der Waals surface area (Å²) < 4.78 is 0. The molecule has 0 radical (unpaired) electrons. The van der Waals surface area contributed by atoms with E-state index in [9.17, 15) is 4.79 Å². The van der Waals surface area contributed by atoms with Crippen molar-refractivity contribution in [3.8, 4) is 0 Å². The Morgan fingerprint density at radius 1 is 1.29 bits per heavy atom. The molecule has 0 unspecified atom stereocenters. The van der Waals surface area contributed by atoms with Crippen LogP contribution in [0.4, 0.5) is 5.69 Å². The average molecular weight is 311 g/mol. The van der Waals surface area contributed by atoms with E-state index < -0.39 is 0 Å². The molecule has 1 amide bonds. The van der Waals surface area contributed by atoms with Crippen LogP contribution in [0.5, 0.6) is 0 Å². The van der Waals surface area contributed by atoms with Crippen LogP contribution in [0.25, 0.3) is 0 Å². The maximum atomic E-state index is 11.3. The Balaban J connectivity index is 1.70. The van der Waals surface area contributed by atoms with Crippen molar-refractivity contribution in [3.05, 3.63) is 29.3 Å². The zero-order valence-corrected chi connectivity index (χ0v) is 13.0. The number of amides is 1. The van der Waals surface area contributed by atoms with E-state index >= 15 is 0 Å². The van der Waals surface area contributed by atoms with Crippen molar-refractivity contribution in [2.75, 3.05) is 50.7 Å². The minimum atomic E-state index is 0.0371. The summed E-state index contributed by atoms with van der Waals surface area (Å²) >= 11 is 6.03. The highest BCUT2D eigenvalue weighted by atomic mass is 35.5. The third kappa shape index (κ3) is 5.19. The van der Waals surface area contributed by atoms with Gasteiger partial charge in [-0.2, -0.15) is 0 Å². The first kappa shape index (κ1) is 16.1. The molecule has 5 nitrogen and oxygen atoms in total. The predicted octanol–water partition coefficient (Wildman–Crippen LogP) is 0.927. The van der Waals surface area contributed by atoms with Gasteiger partial charge in [0.15, 0.2) is 0 Å². The Labute approximate surface area is 131 Å². The van der Waals surface area contributed by atoms with Gasteiger partial charge in [0.2, 0.25) is 5.91 Å². The molecule has 1 aromatic carbocycles. The molecule has 1 saturated heterocycles. The largest absolute Gasteiger partial charge is 0.369 e. The Morgan fingerprint density at radius 3 is 2.71 bits per heavy atom. The zero-order valence-electron chi connectivity index (χ0n) is 12.2. The highest BCUT2D eigenvalue weighted by Gasteiger charge is 2.17. The molecule has 1 aliphatic heterocycles. The van der Waals surface area contributed by atoms with E-state index in [0.29, 0.717) is 19.5 Å². The van der Waals surface area contributed by atoms with Crippen molar-refractivity contribution < 1.29 is 4.79 Å². The van der Waals surface area contributed by atoms with Crippen LogP contribution in [0.3, 0.4) is 0 Å². The standard InChI is InChI=1S/C15H23ClN4O/c16-13-2-1-3-14(12-13)20-10-8-19(9-11-20)7-6-18-15(21)4-5-17/h1-3,12H,4-11,17H2,(H,18,21). The van der Waals surface area contributed by atoms with E-state index in [-0.39, 0.29) is 5.91 Å². The summed E-state index contributed by atoms with van der Waals surface area (Å²) in [5.74, 6) is 0.0371. The SMILES string of the molecule is NCCC(=O)NCCN1CCN(c2cccc(Cl)c2)CC1. The highest BCUT2D eigenvalue weighted by molar-refractivity contribution is 6.30. The van der Waals surface area contributed by atoms with Crippen LogP contribution < -0.4 is 16.0 Å². The second-order valence-corrected chi connectivity index (χ2v) is 5.63. The second-order valence-electron chi connectivity index (χ2n) is 5.20. The number of anilines is 1. The monoisotopic (exact) mass is 310 g/mol. The van der Waals surface area contributed by atoms with Gasteiger partial charge < -0.3 is 16.0 Å². The Hall–Kier alpha value is -1.30. The lowest BCUT2D eigenvalue weighted by Crippen LogP contribution is -2.48. The van der Waals surface area contributed by atoms with Gasteiger partial charge in [0.25, 0.3) is 0 Å². The molecule has 1 heterocycles. The number of piperazine rings is 1. The number of nitrogens with zero attached hydrogens (tertiary/aromatic N) is 2. The van der Waals surface area contributed by atoms with Crippen LogP contribution in [-0.4, -0.2) is 56.6 Å². The molecule has 0 spiro atoms. The van der Waals surface area contributed by atoms with Gasteiger partial charge in [-0.3, -0.25) is 9.69 Å². The van der Waals surface area contributed by atoms with Gasteiger partial charge in [-0.15, -0.1) is 0 Å². The van der Waals surface area contributed by atoms with Gasteiger partial charge in [0.05, 0.1) is 0 Å². The van der Waals surface area contributed by atoms with E-state index in [1.165, 1.54) is 5.69 Å². The van der Waals surface area contributed by atoms with Crippen molar-refractivity contribution in [1.29, 1.82) is 0 Å². The Kier molecular flexibility index (Phi) is 6.29. The lowest BCUT2D eigenvalue weighted by molar-refractivity contribution is -0.120. The number of benzene rings is 1. The summed E-state index contributed by atoms with van der Waals surface area (Å²) in [6.45, 7) is 5.95. The molecule has 21 heavy (non-hydrogen) atoms. The Morgan fingerprint density at radius 2 is 2.05 bits per heavy atom. The molecule has 0 aliphatic carbocycles. The average Bonchev–Trinajstić information content (AvgIpc) is 2.48. The highest BCUT2D eigenvalue weighted by Crippen LogP contribution is 2.20. The van der Waals surface area contributed by atoms with Gasteiger partial charge in [-0.1, -0.05) is 17.7 Å².